The summed E-state index contributed by atoms with van der Waals surface area (Å²) in [6, 6.07) is 3.76. The van der Waals surface area contributed by atoms with Crippen LogP contribution in [-0.4, -0.2) is 12.5 Å². The molecule has 0 atom stereocenters. The van der Waals surface area contributed by atoms with Crippen LogP contribution in [0.4, 0.5) is 22.0 Å². The van der Waals surface area contributed by atoms with Gasteiger partial charge in [0.2, 0.25) is 0 Å². The van der Waals surface area contributed by atoms with E-state index in [1.54, 1.807) is 0 Å². The monoisotopic (exact) mass is 362 g/mol. The summed E-state index contributed by atoms with van der Waals surface area (Å²) in [7, 11) is 0. The van der Waals surface area contributed by atoms with Crippen LogP contribution in [0.15, 0.2) is 18.2 Å². The lowest BCUT2D eigenvalue weighted by Gasteiger charge is -2.36. The first kappa shape index (κ1) is 18.5. The maximum absolute atomic E-state index is 13.9. The van der Waals surface area contributed by atoms with Crippen LogP contribution in [0.3, 0.4) is 0 Å². The SMILES string of the molecule is Fc1cc(C2CCC(C3CCC(F)CC3)CC2)ccc1OC(F)(F)F. The molecular formula is C19H23F5O. The zero-order chi connectivity index (χ0) is 18.0. The van der Waals surface area contributed by atoms with Crippen molar-refractivity contribution in [1.82, 2.24) is 0 Å². The van der Waals surface area contributed by atoms with Gasteiger partial charge in [-0.15, -0.1) is 13.2 Å². The van der Waals surface area contributed by atoms with Crippen molar-refractivity contribution in [3.63, 3.8) is 0 Å². The number of rotatable bonds is 3. The second-order valence-corrected chi connectivity index (χ2v) is 7.36. The molecule has 0 radical (unpaired) electrons. The van der Waals surface area contributed by atoms with Gasteiger partial charge in [-0.2, -0.15) is 0 Å². The van der Waals surface area contributed by atoms with Gasteiger partial charge in [-0.1, -0.05) is 6.07 Å². The number of ether oxygens (including phenoxy) is 1. The highest BCUT2D eigenvalue weighted by Gasteiger charge is 2.33. The van der Waals surface area contributed by atoms with E-state index in [1.165, 1.54) is 12.1 Å². The quantitative estimate of drug-likeness (QED) is 0.556. The highest BCUT2D eigenvalue weighted by Crippen LogP contribution is 2.43. The summed E-state index contributed by atoms with van der Waals surface area (Å²) >= 11 is 0. The average molecular weight is 362 g/mol. The molecule has 0 unspecified atom stereocenters. The smallest absolute Gasteiger partial charge is 0.403 e. The maximum atomic E-state index is 13.9. The van der Waals surface area contributed by atoms with E-state index in [1.807, 2.05) is 0 Å². The first-order valence-electron chi connectivity index (χ1n) is 9.01. The van der Waals surface area contributed by atoms with E-state index in [-0.39, 0.29) is 5.92 Å². The van der Waals surface area contributed by atoms with Crippen LogP contribution < -0.4 is 4.74 Å². The summed E-state index contributed by atoms with van der Waals surface area (Å²) in [5, 5.41) is 0. The standard InChI is InChI=1S/C19H23F5O/c20-16-8-5-13(6-9-16)12-1-3-14(4-2-12)15-7-10-18(17(21)11-15)25-19(22,23)24/h7,10-14,16H,1-6,8-9H2. The fourth-order valence-electron chi connectivity index (χ4n) is 4.45. The van der Waals surface area contributed by atoms with E-state index in [0.717, 1.165) is 50.2 Å². The van der Waals surface area contributed by atoms with Gasteiger partial charge < -0.3 is 4.74 Å². The molecule has 2 aliphatic rings. The van der Waals surface area contributed by atoms with E-state index in [2.05, 4.69) is 4.74 Å². The largest absolute Gasteiger partial charge is 0.573 e. The van der Waals surface area contributed by atoms with Gasteiger partial charge in [-0.3, -0.25) is 0 Å². The van der Waals surface area contributed by atoms with Crippen LogP contribution in [0.2, 0.25) is 0 Å². The second kappa shape index (κ2) is 7.50. The summed E-state index contributed by atoms with van der Waals surface area (Å²) in [5.74, 6) is -0.400. The molecule has 3 rings (SSSR count). The minimum absolute atomic E-state index is 0.170. The van der Waals surface area contributed by atoms with Crippen LogP contribution in [0.25, 0.3) is 0 Å². The summed E-state index contributed by atoms with van der Waals surface area (Å²) in [4.78, 5) is 0. The second-order valence-electron chi connectivity index (χ2n) is 7.36. The predicted molar refractivity (Wildman–Crippen MR) is 84.6 cm³/mol. The van der Waals surface area contributed by atoms with Crippen LogP contribution in [0, 0.1) is 17.7 Å². The Bertz CT molecular complexity index is 570. The zero-order valence-electron chi connectivity index (χ0n) is 14.0. The minimum atomic E-state index is -4.89. The molecular weight excluding hydrogens is 339 g/mol. The Morgan fingerprint density at radius 2 is 1.40 bits per heavy atom. The molecule has 2 fully saturated rings. The van der Waals surface area contributed by atoms with E-state index in [4.69, 9.17) is 0 Å². The lowest BCUT2D eigenvalue weighted by molar-refractivity contribution is -0.275. The Balaban J connectivity index is 1.57. The third kappa shape index (κ3) is 4.85. The zero-order valence-corrected chi connectivity index (χ0v) is 14.0. The minimum Gasteiger partial charge on any atom is -0.403 e. The summed E-state index contributed by atoms with van der Waals surface area (Å²) in [6.45, 7) is 0. The topological polar surface area (TPSA) is 9.23 Å². The van der Waals surface area contributed by atoms with Gasteiger partial charge >= 0.3 is 6.36 Å². The Morgan fingerprint density at radius 1 is 0.840 bits per heavy atom. The number of benzene rings is 1. The molecule has 25 heavy (non-hydrogen) atoms. The molecule has 0 amide bonds. The van der Waals surface area contributed by atoms with Crippen LogP contribution in [0.1, 0.15) is 62.8 Å². The molecule has 0 heterocycles. The van der Waals surface area contributed by atoms with Crippen LogP contribution in [0.5, 0.6) is 5.75 Å². The molecule has 0 spiro atoms. The van der Waals surface area contributed by atoms with Crippen molar-refractivity contribution in [2.75, 3.05) is 0 Å². The van der Waals surface area contributed by atoms with Gasteiger partial charge in [0, 0.05) is 0 Å². The van der Waals surface area contributed by atoms with Crippen LogP contribution >= 0.6 is 0 Å². The van der Waals surface area contributed by atoms with E-state index in [9.17, 15) is 22.0 Å². The lowest BCUT2D eigenvalue weighted by Crippen LogP contribution is -2.25. The predicted octanol–water partition coefficient (Wildman–Crippen LogP) is 6.53. The van der Waals surface area contributed by atoms with Crippen molar-refractivity contribution >= 4 is 0 Å². The molecule has 1 nitrogen and oxygen atoms in total. The van der Waals surface area contributed by atoms with Gasteiger partial charge in [0.25, 0.3) is 0 Å². The summed E-state index contributed by atoms with van der Waals surface area (Å²) in [5.41, 5.74) is 0.734. The van der Waals surface area contributed by atoms with Crippen molar-refractivity contribution in [3.05, 3.63) is 29.6 Å². The van der Waals surface area contributed by atoms with Gasteiger partial charge in [-0.05, 0) is 86.8 Å². The molecule has 140 valence electrons. The first-order chi connectivity index (χ1) is 11.8. The third-order valence-corrected chi connectivity index (χ3v) is 5.79. The van der Waals surface area contributed by atoms with E-state index < -0.39 is 24.1 Å². The molecule has 0 aromatic heterocycles. The fraction of sp³-hybridized carbons (Fsp3) is 0.684. The van der Waals surface area contributed by atoms with Gasteiger partial charge in [0.15, 0.2) is 11.6 Å². The molecule has 1 aromatic carbocycles. The van der Waals surface area contributed by atoms with Gasteiger partial charge in [-0.25, -0.2) is 8.78 Å². The highest BCUT2D eigenvalue weighted by molar-refractivity contribution is 5.31. The Labute approximate surface area is 144 Å². The van der Waals surface area contributed by atoms with E-state index in [0.29, 0.717) is 24.7 Å². The number of alkyl halides is 4. The number of hydrogen-bond donors (Lipinski definition) is 0. The molecule has 2 saturated carbocycles. The molecule has 2 aliphatic carbocycles. The molecule has 0 aliphatic heterocycles. The Morgan fingerprint density at radius 3 is 1.92 bits per heavy atom. The first-order valence-corrected chi connectivity index (χ1v) is 9.01. The molecule has 0 N–H and O–H groups in total. The third-order valence-electron chi connectivity index (χ3n) is 5.79. The fourth-order valence-corrected chi connectivity index (χ4v) is 4.45. The lowest BCUT2D eigenvalue weighted by atomic mass is 9.69. The number of halogens is 5. The molecule has 1 aromatic rings. The molecule has 6 heteroatoms. The van der Waals surface area contributed by atoms with Crippen molar-refractivity contribution < 1.29 is 26.7 Å². The van der Waals surface area contributed by atoms with Crippen molar-refractivity contribution in [2.24, 2.45) is 11.8 Å². The van der Waals surface area contributed by atoms with Crippen molar-refractivity contribution in [1.29, 1.82) is 0 Å². The number of hydrogen-bond acceptors (Lipinski definition) is 1. The van der Waals surface area contributed by atoms with Crippen molar-refractivity contribution in [3.8, 4) is 5.75 Å². The molecule has 0 saturated heterocycles. The van der Waals surface area contributed by atoms with Crippen molar-refractivity contribution in [2.45, 2.75) is 69.8 Å². The van der Waals surface area contributed by atoms with Gasteiger partial charge in [0.05, 0.1) is 0 Å². The van der Waals surface area contributed by atoms with Gasteiger partial charge in [0.1, 0.15) is 6.17 Å². The summed E-state index contributed by atoms with van der Waals surface area (Å²) < 4.78 is 67.4. The normalized spacial score (nSPS) is 30.9. The highest BCUT2D eigenvalue weighted by atomic mass is 19.4. The molecule has 0 bridgehead atoms. The maximum Gasteiger partial charge on any atom is 0.573 e. The summed E-state index contributed by atoms with van der Waals surface area (Å²) in [6.07, 6.45) is 1.55. The average Bonchev–Trinajstić information content (AvgIpc) is 2.56. The Kier molecular flexibility index (Phi) is 5.54. The Hall–Kier alpha value is -1.33. The van der Waals surface area contributed by atoms with E-state index >= 15 is 0 Å². The van der Waals surface area contributed by atoms with Crippen LogP contribution in [-0.2, 0) is 0 Å².